The van der Waals surface area contributed by atoms with Crippen LogP contribution in [0.3, 0.4) is 0 Å². The lowest BCUT2D eigenvalue weighted by molar-refractivity contribution is -0.136. The van der Waals surface area contributed by atoms with Gasteiger partial charge in [-0.15, -0.1) is 0 Å². The minimum Gasteiger partial charge on any atom is -0.482 e. The molecule has 0 aliphatic rings. The van der Waals surface area contributed by atoms with E-state index >= 15 is 0 Å². The minimum absolute atomic E-state index is 0.0687. The quantitative estimate of drug-likeness (QED) is 0.559. The molecule has 0 heterocycles. The molecule has 2 aromatic rings. The van der Waals surface area contributed by atoms with Gasteiger partial charge in [0.05, 0.1) is 0 Å². The van der Waals surface area contributed by atoms with Crippen molar-refractivity contribution in [1.82, 2.24) is 0 Å². The summed E-state index contributed by atoms with van der Waals surface area (Å²) in [6.07, 6.45) is 1.01. The van der Waals surface area contributed by atoms with E-state index < -0.39 is 11.9 Å². The molecular formula is C20H21ClO5. The molecule has 0 saturated heterocycles. The highest BCUT2D eigenvalue weighted by Crippen LogP contribution is 2.28. The maximum Gasteiger partial charge on any atom is 0.349 e. The number of ether oxygens (including phenoxy) is 2. The largest absolute Gasteiger partial charge is 0.482 e. The summed E-state index contributed by atoms with van der Waals surface area (Å²) in [6, 6.07) is 11.5. The summed E-state index contributed by atoms with van der Waals surface area (Å²) in [5, 5.41) is 9.39. The third-order valence-corrected chi connectivity index (χ3v) is 4.51. The average Bonchev–Trinajstić information content (AvgIpc) is 2.61. The summed E-state index contributed by atoms with van der Waals surface area (Å²) in [6.45, 7) is 6.11. The lowest BCUT2D eigenvalue weighted by Crippen LogP contribution is -2.19. The van der Waals surface area contributed by atoms with Crippen LogP contribution in [0.2, 0.25) is 5.02 Å². The molecule has 0 bridgehead atoms. The highest BCUT2D eigenvalue weighted by molar-refractivity contribution is 6.31. The van der Waals surface area contributed by atoms with Crippen molar-refractivity contribution in [2.75, 3.05) is 6.61 Å². The van der Waals surface area contributed by atoms with Gasteiger partial charge in [-0.25, -0.2) is 9.59 Å². The topological polar surface area (TPSA) is 72.8 Å². The van der Waals surface area contributed by atoms with Gasteiger partial charge in [0, 0.05) is 5.02 Å². The lowest BCUT2D eigenvalue weighted by atomic mass is 9.82. The second kappa shape index (κ2) is 8.23. The van der Waals surface area contributed by atoms with Crippen LogP contribution < -0.4 is 9.47 Å². The van der Waals surface area contributed by atoms with Crippen LogP contribution in [-0.4, -0.2) is 23.7 Å². The van der Waals surface area contributed by atoms with Crippen molar-refractivity contribution in [3.63, 3.8) is 0 Å². The number of carboxylic acids is 1. The first-order valence-electron chi connectivity index (χ1n) is 8.20. The third-order valence-electron chi connectivity index (χ3n) is 4.27. The Kier molecular flexibility index (Phi) is 6.27. The summed E-state index contributed by atoms with van der Waals surface area (Å²) in [7, 11) is 0. The highest BCUT2D eigenvalue weighted by Gasteiger charge is 2.18. The van der Waals surface area contributed by atoms with E-state index in [-0.39, 0.29) is 28.4 Å². The molecule has 138 valence electrons. The molecule has 6 heteroatoms. The molecule has 0 aliphatic heterocycles. The Morgan fingerprint density at radius 3 is 2.35 bits per heavy atom. The monoisotopic (exact) mass is 376 g/mol. The molecule has 5 nitrogen and oxygen atoms in total. The van der Waals surface area contributed by atoms with Gasteiger partial charge < -0.3 is 14.6 Å². The maximum atomic E-state index is 11.9. The number of esters is 1. The van der Waals surface area contributed by atoms with E-state index in [9.17, 15) is 9.59 Å². The fourth-order valence-corrected chi connectivity index (χ4v) is 2.43. The van der Waals surface area contributed by atoms with E-state index in [1.807, 2.05) is 12.1 Å². The number of hydrogen-bond acceptors (Lipinski definition) is 4. The molecule has 0 unspecified atom stereocenters. The number of halogens is 1. The Morgan fingerprint density at radius 2 is 1.77 bits per heavy atom. The molecule has 2 rings (SSSR count). The van der Waals surface area contributed by atoms with Crippen LogP contribution in [0.5, 0.6) is 11.5 Å². The summed E-state index contributed by atoms with van der Waals surface area (Å²) >= 11 is 5.77. The van der Waals surface area contributed by atoms with Crippen LogP contribution >= 0.6 is 11.6 Å². The van der Waals surface area contributed by atoms with E-state index in [2.05, 4.69) is 20.8 Å². The van der Waals surface area contributed by atoms with E-state index in [1.165, 1.54) is 23.8 Å². The molecular weight excluding hydrogens is 356 g/mol. The number of carbonyl (C=O) groups is 2. The average molecular weight is 377 g/mol. The fraction of sp³-hybridized carbons (Fsp3) is 0.300. The van der Waals surface area contributed by atoms with Crippen molar-refractivity contribution in [2.24, 2.45) is 0 Å². The van der Waals surface area contributed by atoms with Gasteiger partial charge in [-0.3, -0.25) is 0 Å². The van der Waals surface area contributed by atoms with Crippen LogP contribution in [0.15, 0.2) is 42.5 Å². The smallest absolute Gasteiger partial charge is 0.349 e. The number of carbonyl (C=O) groups excluding carboxylic acids is 1. The number of carboxylic acid groups (broad SMARTS) is 1. The van der Waals surface area contributed by atoms with Gasteiger partial charge >= 0.3 is 11.9 Å². The van der Waals surface area contributed by atoms with E-state index in [4.69, 9.17) is 26.2 Å². The Hall–Kier alpha value is -2.53. The molecule has 2 aromatic carbocycles. The number of aromatic carboxylic acids is 1. The second-order valence-electron chi connectivity index (χ2n) is 6.47. The summed E-state index contributed by atoms with van der Waals surface area (Å²) < 4.78 is 10.5. The van der Waals surface area contributed by atoms with Gasteiger partial charge in [-0.2, -0.15) is 0 Å². The first kappa shape index (κ1) is 19.8. The van der Waals surface area contributed by atoms with Gasteiger partial charge in [0.2, 0.25) is 0 Å². The zero-order valence-corrected chi connectivity index (χ0v) is 15.7. The predicted octanol–water partition coefficient (Wildman–Crippen LogP) is 4.71. The van der Waals surface area contributed by atoms with Gasteiger partial charge in [0.25, 0.3) is 0 Å². The number of rotatable bonds is 7. The number of hydrogen-bond donors (Lipinski definition) is 1. The van der Waals surface area contributed by atoms with Crippen molar-refractivity contribution < 1.29 is 24.2 Å². The molecule has 0 radical (unpaired) electrons. The molecule has 0 aromatic heterocycles. The SMILES string of the molecule is CCC(C)(C)c1ccc(OCC(=O)Oc2ccc(Cl)cc2C(=O)O)cc1. The molecule has 0 amide bonds. The molecule has 1 N–H and O–H groups in total. The molecule has 0 saturated carbocycles. The maximum absolute atomic E-state index is 11.9. The Bertz CT molecular complexity index is 796. The van der Waals surface area contributed by atoms with Gasteiger partial charge in [0.1, 0.15) is 17.1 Å². The summed E-state index contributed by atoms with van der Waals surface area (Å²) in [5.41, 5.74) is 1.07. The van der Waals surface area contributed by atoms with E-state index in [1.54, 1.807) is 12.1 Å². The minimum atomic E-state index is -1.23. The van der Waals surface area contributed by atoms with Crippen molar-refractivity contribution in [1.29, 1.82) is 0 Å². The summed E-state index contributed by atoms with van der Waals surface area (Å²) in [4.78, 5) is 23.1. The van der Waals surface area contributed by atoms with E-state index in [0.717, 1.165) is 6.42 Å². The Labute approximate surface area is 157 Å². The Balaban J connectivity index is 1.98. The Morgan fingerprint density at radius 1 is 1.12 bits per heavy atom. The van der Waals surface area contributed by atoms with Gasteiger partial charge in [0.15, 0.2) is 6.61 Å². The van der Waals surface area contributed by atoms with Crippen LogP contribution in [0, 0.1) is 0 Å². The standard InChI is InChI=1S/C20H21ClO5/c1-4-20(2,3)13-5-8-15(9-6-13)25-12-18(22)26-17-10-7-14(21)11-16(17)19(23)24/h5-11H,4,12H2,1-3H3,(H,23,24). The van der Waals surface area contributed by atoms with Gasteiger partial charge in [-0.1, -0.05) is 44.5 Å². The molecule has 0 fully saturated rings. The van der Waals surface area contributed by atoms with Crippen LogP contribution in [0.25, 0.3) is 0 Å². The molecule has 0 spiro atoms. The van der Waals surface area contributed by atoms with Crippen LogP contribution in [0.4, 0.5) is 0 Å². The third kappa shape index (κ3) is 4.99. The van der Waals surface area contributed by atoms with Gasteiger partial charge in [-0.05, 0) is 47.7 Å². The van der Waals surface area contributed by atoms with Crippen molar-refractivity contribution in [3.8, 4) is 11.5 Å². The molecule has 0 aliphatic carbocycles. The zero-order valence-electron chi connectivity index (χ0n) is 14.9. The van der Waals surface area contributed by atoms with Crippen LogP contribution in [0.1, 0.15) is 43.1 Å². The number of benzene rings is 2. The normalized spacial score (nSPS) is 11.1. The first-order valence-corrected chi connectivity index (χ1v) is 8.57. The first-order chi connectivity index (χ1) is 12.2. The molecule has 26 heavy (non-hydrogen) atoms. The van der Waals surface area contributed by atoms with E-state index in [0.29, 0.717) is 5.75 Å². The lowest BCUT2D eigenvalue weighted by Gasteiger charge is -2.23. The molecule has 0 atom stereocenters. The fourth-order valence-electron chi connectivity index (χ4n) is 2.26. The van der Waals surface area contributed by atoms with Crippen molar-refractivity contribution in [2.45, 2.75) is 32.6 Å². The highest BCUT2D eigenvalue weighted by atomic mass is 35.5. The predicted molar refractivity (Wildman–Crippen MR) is 99.3 cm³/mol. The summed E-state index contributed by atoms with van der Waals surface area (Å²) in [5.74, 6) is -1.47. The second-order valence-corrected chi connectivity index (χ2v) is 6.91. The van der Waals surface area contributed by atoms with Crippen LogP contribution in [-0.2, 0) is 10.2 Å². The zero-order chi connectivity index (χ0) is 19.3. The van der Waals surface area contributed by atoms with Crippen molar-refractivity contribution in [3.05, 3.63) is 58.6 Å². The van der Waals surface area contributed by atoms with Crippen molar-refractivity contribution >= 4 is 23.5 Å².